The first-order valence-corrected chi connectivity index (χ1v) is 13.6. The minimum absolute atomic E-state index is 0.133. The molecule has 4 nitrogen and oxygen atoms in total. The van der Waals surface area contributed by atoms with Crippen LogP contribution in [-0.2, 0) is 0 Å². The van der Waals surface area contributed by atoms with Crippen LogP contribution >= 0.6 is 0 Å². The zero-order chi connectivity index (χ0) is 24.3. The lowest BCUT2D eigenvalue weighted by Crippen LogP contribution is -2.33. The average molecular weight is 445 g/mol. The van der Waals surface area contributed by atoms with Gasteiger partial charge in [-0.3, -0.25) is 0 Å². The summed E-state index contributed by atoms with van der Waals surface area (Å²) < 4.78 is 0. The van der Waals surface area contributed by atoms with Crippen molar-refractivity contribution in [3.63, 3.8) is 0 Å². The number of nitriles is 2. The maximum atomic E-state index is 10.2. The van der Waals surface area contributed by atoms with Gasteiger partial charge in [0.25, 0.3) is 0 Å². The van der Waals surface area contributed by atoms with Gasteiger partial charge in [-0.05, 0) is 39.5 Å². The van der Waals surface area contributed by atoms with E-state index in [-0.39, 0.29) is 12.1 Å². The third-order valence-electron chi connectivity index (χ3n) is 7.36. The van der Waals surface area contributed by atoms with Crippen molar-refractivity contribution in [2.45, 2.75) is 156 Å². The average Bonchev–Trinajstić information content (AvgIpc) is 2.80. The van der Waals surface area contributed by atoms with Gasteiger partial charge in [0, 0.05) is 0 Å². The normalized spacial score (nSPS) is 14.2. The van der Waals surface area contributed by atoms with Gasteiger partial charge < -0.3 is 0 Å². The van der Waals surface area contributed by atoms with Crippen LogP contribution in [0.3, 0.4) is 0 Å². The lowest BCUT2D eigenvalue weighted by Gasteiger charge is -2.32. The summed E-state index contributed by atoms with van der Waals surface area (Å²) >= 11 is 0. The minimum atomic E-state index is -0.437. The standard InChI is InChI=1S/C28H52N4/c1-7-11-15-19-27(23-29,20-16-12-8-2)25(5)31-32-26(6)28(24-30,21-17-13-9-3)22-18-14-10-4/h25-26H,7-22H2,1-6H3. The zero-order valence-corrected chi connectivity index (χ0v) is 22.3. The maximum Gasteiger partial charge on any atom is 0.0866 e. The number of hydrogen-bond donors (Lipinski definition) is 0. The van der Waals surface area contributed by atoms with Gasteiger partial charge in [0.15, 0.2) is 0 Å². The maximum absolute atomic E-state index is 10.2. The summed E-state index contributed by atoms with van der Waals surface area (Å²) in [5, 5.41) is 29.9. The molecule has 0 bridgehead atoms. The quantitative estimate of drug-likeness (QED) is 0.138. The minimum Gasteiger partial charge on any atom is -0.198 e. The molecule has 0 N–H and O–H groups in total. The lowest BCUT2D eigenvalue weighted by molar-refractivity contribution is 0.233. The lowest BCUT2D eigenvalue weighted by atomic mass is 9.73. The summed E-state index contributed by atoms with van der Waals surface area (Å²) in [6.45, 7) is 12.9. The number of hydrogen-bond acceptors (Lipinski definition) is 4. The molecule has 0 aromatic heterocycles. The van der Waals surface area contributed by atoms with Crippen molar-refractivity contribution in [3.05, 3.63) is 0 Å². The summed E-state index contributed by atoms with van der Waals surface area (Å²) in [5.74, 6) is 0. The Balaban J connectivity index is 5.58. The molecule has 0 heterocycles. The molecule has 0 rings (SSSR count). The van der Waals surface area contributed by atoms with Crippen LogP contribution < -0.4 is 0 Å². The molecule has 0 aromatic rings. The second-order valence-electron chi connectivity index (χ2n) is 9.95. The van der Waals surface area contributed by atoms with E-state index in [0.717, 1.165) is 103 Å². The summed E-state index contributed by atoms with van der Waals surface area (Å²) in [5.41, 5.74) is -0.874. The van der Waals surface area contributed by atoms with Crippen molar-refractivity contribution >= 4 is 0 Å². The van der Waals surface area contributed by atoms with Crippen molar-refractivity contribution in [1.29, 1.82) is 10.5 Å². The molecule has 0 aliphatic carbocycles. The van der Waals surface area contributed by atoms with E-state index in [1.54, 1.807) is 0 Å². The van der Waals surface area contributed by atoms with Gasteiger partial charge in [0.1, 0.15) is 0 Å². The van der Waals surface area contributed by atoms with Crippen LogP contribution in [0.4, 0.5) is 0 Å². The number of rotatable bonds is 20. The van der Waals surface area contributed by atoms with Gasteiger partial charge >= 0.3 is 0 Å². The van der Waals surface area contributed by atoms with Gasteiger partial charge in [-0.1, -0.05) is 105 Å². The van der Waals surface area contributed by atoms with Crippen molar-refractivity contribution in [3.8, 4) is 12.1 Å². The molecule has 0 amide bonds. The first-order valence-electron chi connectivity index (χ1n) is 13.6. The van der Waals surface area contributed by atoms with Crippen molar-refractivity contribution in [2.75, 3.05) is 0 Å². The van der Waals surface area contributed by atoms with Crippen LogP contribution in [0, 0.1) is 33.5 Å². The van der Waals surface area contributed by atoms with Crippen LogP contribution in [0.5, 0.6) is 0 Å². The highest BCUT2D eigenvalue weighted by molar-refractivity contribution is 5.07. The third kappa shape index (κ3) is 10.5. The Labute approximate surface area is 200 Å². The van der Waals surface area contributed by atoms with E-state index in [0.29, 0.717) is 0 Å². The molecule has 0 saturated carbocycles. The van der Waals surface area contributed by atoms with Crippen molar-refractivity contribution < 1.29 is 0 Å². The monoisotopic (exact) mass is 444 g/mol. The predicted molar refractivity (Wildman–Crippen MR) is 136 cm³/mol. The van der Waals surface area contributed by atoms with Crippen LogP contribution in [0.15, 0.2) is 10.2 Å². The second-order valence-corrected chi connectivity index (χ2v) is 9.95. The Morgan fingerprint density at radius 2 is 0.781 bits per heavy atom. The summed E-state index contributed by atoms with van der Waals surface area (Å²) in [6.07, 6.45) is 17.1. The fourth-order valence-corrected chi connectivity index (χ4v) is 4.68. The molecule has 0 aliphatic heterocycles. The summed E-state index contributed by atoms with van der Waals surface area (Å²) in [4.78, 5) is 0. The molecule has 4 heteroatoms. The highest BCUT2D eigenvalue weighted by atomic mass is 15.1. The van der Waals surface area contributed by atoms with E-state index in [9.17, 15) is 10.5 Å². The molecular formula is C28H52N4. The predicted octanol–water partition coefficient (Wildman–Crippen LogP) is 9.56. The molecule has 0 aliphatic rings. The molecule has 0 radical (unpaired) electrons. The Morgan fingerprint density at radius 1 is 0.531 bits per heavy atom. The van der Waals surface area contributed by atoms with E-state index in [2.05, 4.69) is 53.7 Å². The first kappa shape index (κ1) is 30.6. The zero-order valence-electron chi connectivity index (χ0n) is 22.3. The van der Waals surface area contributed by atoms with Gasteiger partial charge in [0.2, 0.25) is 0 Å². The topological polar surface area (TPSA) is 72.3 Å². The largest absolute Gasteiger partial charge is 0.198 e. The van der Waals surface area contributed by atoms with Crippen molar-refractivity contribution in [2.24, 2.45) is 21.1 Å². The van der Waals surface area contributed by atoms with Gasteiger partial charge in [0.05, 0.1) is 35.1 Å². The first-order chi connectivity index (χ1) is 15.4. The second kappa shape index (κ2) is 18.1. The van der Waals surface area contributed by atoms with Crippen LogP contribution in [0.2, 0.25) is 0 Å². The van der Waals surface area contributed by atoms with Gasteiger partial charge in [-0.15, -0.1) is 0 Å². The SMILES string of the molecule is CCCCCC(C#N)(CCCCC)C(C)N=NC(C)C(C#N)(CCCCC)CCCCC. The summed E-state index contributed by atoms with van der Waals surface area (Å²) in [7, 11) is 0. The molecule has 2 atom stereocenters. The molecule has 32 heavy (non-hydrogen) atoms. The molecule has 0 fully saturated rings. The van der Waals surface area contributed by atoms with Crippen LogP contribution in [0.25, 0.3) is 0 Å². The highest BCUT2D eigenvalue weighted by Gasteiger charge is 2.38. The molecular weight excluding hydrogens is 392 g/mol. The van der Waals surface area contributed by atoms with E-state index in [4.69, 9.17) is 10.2 Å². The Kier molecular flexibility index (Phi) is 17.3. The summed E-state index contributed by atoms with van der Waals surface area (Å²) in [6, 6.07) is 5.08. The number of nitrogens with zero attached hydrogens (tertiary/aromatic N) is 4. The third-order valence-corrected chi connectivity index (χ3v) is 7.36. The highest BCUT2D eigenvalue weighted by Crippen LogP contribution is 2.39. The van der Waals surface area contributed by atoms with E-state index in [1.807, 2.05) is 0 Å². The van der Waals surface area contributed by atoms with E-state index >= 15 is 0 Å². The van der Waals surface area contributed by atoms with E-state index in [1.165, 1.54) is 0 Å². The Morgan fingerprint density at radius 3 is 0.969 bits per heavy atom. The van der Waals surface area contributed by atoms with Gasteiger partial charge in [-0.25, -0.2) is 0 Å². The van der Waals surface area contributed by atoms with Crippen LogP contribution in [0.1, 0.15) is 144 Å². The number of azo groups is 1. The number of unbranched alkanes of at least 4 members (excludes halogenated alkanes) is 8. The molecule has 184 valence electrons. The molecule has 0 aromatic carbocycles. The van der Waals surface area contributed by atoms with Crippen LogP contribution in [-0.4, -0.2) is 12.1 Å². The molecule has 0 saturated heterocycles. The smallest absolute Gasteiger partial charge is 0.0866 e. The van der Waals surface area contributed by atoms with Crippen molar-refractivity contribution in [1.82, 2.24) is 0 Å². The fraction of sp³-hybridized carbons (Fsp3) is 0.929. The van der Waals surface area contributed by atoms with E-state index < -0.39 is 10.8 Å². The Bertz CT molecular complexity index is 499. The Hall–Kier alpha value is -1.42. The molecule has 2 unspecified atom stereocenters. The van der Waals surface area contributed by atoms with Gasteiger partial charge in [-0.2, -0.15) is 20.8 Å². The molecule has 0 spiro atoms. The fourth-order valence-electron chi connectivity index (χ4n) is 4.68.